The lowest BCUT2D eigenvalue weighted by Gasteiger charge is -2.37. The molecule has 3 aromatic rings. The third kappa shape index (κ3) is 4.95. The highest BCUT2D eigenvalue weighted by molar-refractivity contribution is 5.96. The van der Waals surface area contributed by atoms with Crippen molar-refractivity contribution in [3.63, 3.8) is 0 Å². The lowest BCUT2D eigenvalue weighted by molar-refractivity contribution is -0.140. The SMILES string of the molecule is COc1ccc(C(=O)N[C@H]2CC[C@@H](N(C)c3cc(C(F)(F)F)nc4ccccc34)CC2)c(C)c1. The number of aryl methyl sites for hydroxylation is 1. The van der Waals surface area contributed by atoms with Gasteiger partial charge in [0.1, 0.15) is 11.4 Å². The quantitative estimate of drug-likeness (QED) is 0.515. The fraction of sp³-hybridized carbons (Fsp3) is 0.385. The zero-order chi connectivity index (χ0) is 24.5. The number of hydrogen-bond acceptors (Lipinski definition) is 4. The minimum atomic E-state index is -4.51. The summed E-state index contributed by atoms with van der Waals surface area (Å²) in [6, 6.07) is 13.5. The number of carbonyl (C=O) groups is 1. The molecule has 1 aliphatic carbocycles. The molecule has 1 N–H and O–H groups in total. The van der Waals surface area contributed by atoms with E-state index in [9.17, 15) is 18.0 Å². The summed E-state index contributed by atoms with van der Waals surface area (Å²) in [6.07, 6.45) is -1.47. The molecule has 1 amide bonds. The number of rotatable bonds is 5. The molecule has 0 radical (unpaired) electrons. The van der Waals surface area contributed by atoms with Gasteiger partial charge in [-0.15, -0.1) is 0 Å². The van der Waals surface area contributed by atoms with Crippen molar-refractivity contribution in [1.82, 2.24) is 10.3 Å². The van der Waals surface area contributed by atoms with Gasteiger partial charge in [0.05, 0.1) is 12.6 Å². The third-order valence-corrected chi connectivity index (χ3v) is 6.62. The molecular weight excluding hydrogens is 443 g/mol. The Labute approximate surface area is 196 Å². The Bertz CT molecular complexity index is 1190. The van der Waals surface area contributed by atoms with E-state index in [0.29, 0.717) is 27.9 Å². The first kappa shape index (κ1) is 23.9. The van der Waals surface area contributed by atoms with Crippen molar-refractivity contribution in [3.05, 3.63) is 65.4 Å². The molecule has 0 aliphatic heterocycles. The smallest absolute Gasteiger partial charge is 0.433 e. The van der Waals surface area contributed by atoms with Gasteiger partial charge in [-0.25, -0.2) is 4.98 Å². The minimum absolute atomic E-state index is 0.0265. The fourth-order valence-corrected chi connectivity index (χ4v) is 4.68. The van der Waals surface area contributed by atoms with Crippen molar-refractivity contribution in [1.29, 1.82) is 0 Å². The van der Waals surface area contributed by atoms with E-state index < -0.39 is 11.9 Å². The van der Waals surface area contributed by atoms with Crippen LogP contribution in [0.25, 0.3) is 10.9 Å². The molecule has 0 unspecified atom stereocenters. The maximum absolute atomic E-state index is 13.5. The summed E-state index contributed by atoms with van der Waals surface area (Å²) in [5.41, 5.74) is 1.43. The Morgan fingerprint density at radius 2 is 1.79 bits per heavy atom. The van der Waals surface area contributed by atoms with Gasteiger partial charge in [0.25, 0.3) is 5.91 Å². The van der Waals surface area contributed by atoms with Crippen molar-refractivity contribution < 1.29 is 22.7 Å². The van der Waals surface area contributed by atoms with Gasteiger partial charge in [0, 0.05) is 35.8 Å². The molecule has 2 aromatic carbocycles. The molecule has 1 fully saturated rings. The zero-order valence-electron chi connectivity index (χ0n) is 19.4. The van der Waals surface area contributed by atoms with E-state index in [0.717, 1.165) is 37.3 Å². The number of para-hydroxylation sites is 1. The van der Waals surface area contributed by atoms with Crippen molar-refractivity contribution in [2.24, 2.45) is 0 Å². The normalized spacial score (nSPS) is 18.5. The monoisotopic (exact) mass is 471 g/mol. The van der Waals surface area contributed by atoms with Gasteiger partial charge < -0.3 is 15.0 Å². The van der Waals surface area contributed by atoms with E-state index in [1.807, 2.05) is 31.0 Å². The number of amides is 1. The average molecular weight is 472 g/mol. The number of alkyl halides is 3. The maximum Gasteiger partial charge on any atom is 0.433 e. The summed E-state index contributed by atoms with van der Waals surface area (Å²) < 4.78 is 45.6. The summed E-state index contributed by atoms with van der Waals surface area (Å²) in [4.78, 5) is 18.5. The van der Waals surface area contributed by atoms with Gasteiger partial charge in [0.2, 0.25) is 0 Å². The Morgan fingerprint density at radius 1 is 1.09 bits per heavy atom. The number of hydrogen-bond donors (Lipinski definition) is 1. The number of fused-ring (bicyclic) bond motifs is 1. The van der Waals surface area contributed by atoms with Crippen LogP contribution in [0.4, 0.5) is 18.9 Å². The Kier molecular flexibility index (Phi) is 6.68. The number of ether oxygens (including phenoxy) is 1. The molecule has 1 aromatic heterocycles. The third-order valence-electron chi connectivity index (χ3n) is 6.62. The number of nitrogens with one attached hydrogen (secondary N) is 1. The molecule has 1 saturated carbocycles. The number of carbonyl (C=O) groups excluding carboxylic acids is 1. The molecule has 1 aliphatic rings. The van der Waals surface area contributed by atoms with E-state index in [2.05, 4.69) is 10.3 Å². The van der Waals surface area contributed by atoms with Gasteiger partial charge in [-0.1, -0.05) is 18.2 Å². The number of benzene rings is 2. The van der Waals surface area contributed by atoms with Crippen LogP contribution in [0.15, 0.2) is 48.5 Å². The molecule has 34 heavy (non-hydrogen) atoms. The van der Waals surface area contributed by atoms with Crippen LogP contribution in [0.5, 0.6) is 5.75 Å². The van der Waals surface area contributed by atoms with Gasteiger partial charge in [0.15, 0.2) is 0 Å². The van der Waals surface area contributed by atoms with Crippen LogP contribution in [0, 0.1) is 6.92 Å². The van der Waals surface area contributed by atoms with E-state index in [-0.39, 0.29) is 18.0 Å². The molecule has 4 rings (SSSR count). The topological polar surface area (TPSA) is 54.5 Å². The summed E-state index contributed by atoms with van der Waals surface area (Å²) in [5.74, 6) is 0.585. The number of halogens is 3. The van der Waals surface area contributed by atoms with E-state index in [1.165, 1.54) is 0 Å². The van der Waals surface area contributed by atoms with Crippen LogP contribution in [0.1, 0.15) is 47.3 Å². The molecule has 8 heteroatoms. The molecule has 5 nitrogen and oxygen atoms in total. The van der Waals surface area contributed by atoms with Crippen molar-refractivity contribution >= 4 is 22.5 Å². The summed E-state index contributed by atoms with van der Waals surface area (Å²) in [7, 11) is 3.43. The largest absolute Gasteiger partial charge is 0.497 e. The van der Waals surface area contributed by atoms with E-state index >= 15 is 0 Å². The zero-order valence-corrected chi connectivity index (χ0v) is 19.4. The second-order valence-corrected chi connectivity index (χ2v) is 8.81. The number of pyridine rings is 1. The second kappa shape index (κ2) is 9.52. The fourth-order valence-electron chi connectivity index (χ4n) is 4.68. The molecule has 180 valence electrons. The first-order valence-corrected chi connectivity index (χ1v) is 11.3. The lowest BCUT2D eigenvalue weighted by Crippen LogP contribution is -2.43. The number of nitrogens with zero attached hydrogens (tertiary/aromatic N) is 2. The van der Waals surface area contributed by atoms with Crippen LogP contribution < -0.4 is 15.0 Å². The Morgan fingerprint density at radius 3 is 2.44 bits per heavy atom. The predicted molar refractivity (Wildman–Crippen MR) is 126 cm³/mol. The summed E-state index contributed by atoms with van der Waals surface area (Å²) in [6.45, 7) is 1.87. The number of methoxy groups -OCH3 is 1. The lowest BCUT2D eigenvalue weighted by atomic mass is 9.89. The second-order valence-electron chi connectivity index (χ2n) is 8.81. The highest BCUT2D eigenvalue weighted by Crippen LogP contribution is 2.36. The van der Waals surface area contributed by atoms with Crippen molar-refractivity contribution in [2.45, 2.75) is 50.9 Å². The maximum atomic E-state index is 13.5. The molecule has 0 saturated heterocycles. The Hall–Kier alpha value is -3.29. The van der Waals surface area contributed by atoms with Gasteiger partial charge >= 0.3 is 6.18 Å². The molecule has 1 heterocycles. The summed E-state index contributed by atoms with van der Waals surface area (Å²) in [5, 5.41) is 3.81. The van der Waals surface area contributed by atoms with Crippen LogP contribution >= 0.6 is 0 Å². The number of anilines is 1. The molecule has 0 bridgehead atoms. The van der Waals surface area contributed by atoms with Crippen LogP contribution in [0.2, 0.25) is 0 Å². The van der Waals surface area contributed by atoms with Crippen molar-refractivity contribution in [2.75, 3.05) is 19.1 Å². The van der Waals surface area contributed by atoms with Gasteiger partial charge in [-0.3, -0.25) is 4.79 Å². The molecule has 0 spiro atoms. The molecule has 0 atom stereocenters. The standard InChI is InChI=1S/C26H28F3N3O2/c1-16-14-19(34-3)12-13-20(16)25(33)30-17-8-10-18(11-9-17)32(2)23-15-24(26(27,28)29)31-22-7-5-4-6-21(22)23/h4-7,12-15,17-18H,8-11H2,1-3H3,(H,30,33)/t17-,18+. The van der Waals surface area contributed by atoms with E-state index in [1.54, 1.807) is 37.4 Å². The van der Waals surface area contributed by atoms with Crippen LogP contribution in [0.3, 0.4) is 0 Å². The van der Waals surface area contributed by atoms with Gasteiger partial charge in [-0.05, 0) is 68.5 Å². The minimum Gasteiger partial charge on any atom is -0.497 e. The first-order chi connectivity index (χ1) is 16.2. The van der Waals surface area contributed by atoms with Crippen molar-refractivity contribution in [3.8, 4) is 5.75 Å². The van der Waals surface area contributed by atoms with E-state index in [4.69, 9.17) is 4.74 Å². The predicted octanol–water partition coefficient (Wildman–Crippen LogP) is 5.75. The highest BCUT2D eigenvalue weighted by Gasteiger charge is 2.34. The summed E-state index contributed by atoms with van der Waals surface area (Å²) >= 11 is 0. The Balaban J connectivity index is 1.45. The molecular formula is C26H28F3N3O2. The van der Waals surface area contributed by atoms with Gasteiger partial charge in [-0.2, -0.15) is 13.2 Å². The van der Waals surface area contributed by atoms with Crippen LogP contribution in [-0.4, -0.2) is 37.1 Å². The number of aromatic nitrogens is 1. The van der Waals surface area contributed by atoms with Crippen LogP contribution in [-0.2, 0) is 6.18 Å². The average Bonchev–Trinajstić information content (AvgIpc) is 2.82. The first-order valence-electron chi connectivity index (χ1n) is 11.3. The highest BCUT2D eigenvalue weighted by atomic mass is 19.4.